The maximum absolute atomic E-state index is 12.7. The highest BCUT2D eigenvalue weighted by Gasteiger charge is 2.33. The normalized spacial score (nSPS) is 25.5. The summed E-state index contributed by atoms with van der Waals surface area (Å²) in [5, 5.41) is 0. The van der Waals surface area contributed by atoms with Gasteiger partial charge in [0.1, 0.15) is 12.7 Å². The summed E-state index contributed by atoms with van der Waals surface area (Å²) < 4.78 is 39.9. The predicted molar refractivity (Wildman–Crippen MR) is 87.9 cm³/mol. The molecule has 0 spiro atoms. The van der Waals surface area contributed by atoms with E-state index in [4.69, 9.17) is 9.47 Å². The molecule has 2 unspecified atom stereocenters. The lowest BCUT2D eigenvalue weighted by Crippen LogP contribution is -2.49. The molecule has 0 aliphatic carbocycles. The molecule has 128 valence electrons. The third-order valence-corrected chi connectivity index (χ3v) is 6.29. The maximum Gasteiger partial charge on any atom is 0.281 e. The zero-order chi connectivity index (χ0) is 16.4. The van der Waals surface area contributed by atoms with Gasteiger partial charge in [0.2, 0.25) is 0 Å². The number of fused-ring (bicyclic) bond motifs is 1. The summed E-state index contributed by atoms with van der Waals surface area (Å²) in [5.41, 5.74) is 0. The molecule has 6 nitrogen and oxygen atoms in total. The van der Waals surface area contributed by atoms with E-state index in [1.807, 2.05) is 24.3 Å². The Kier molecular flexibility index (Phi) is 4.79. The molecule has 23 heavy (non-hydrogen) atoms. The lowest BCUT2D eigenvalue weighted by Gasteiger charge is -2.35. The van der Waals surface area contributed by atoms with E-state index in [1.54, 1.807) is 11.4 Å². The minimum atomic E-state index is -3.44. The molecular weight excluding hydrogens is 316 g/mol. The Morgan fingerprint density at radius 2 is 2.04 bits per heavy atom. The van der Waals surface area contributed by atoms with Crippen molar-refractivity contribution in [3.8, 4) is 11.5 Å². The van der Waals surface area contributed by atoms with E-state index in [0.717, 1.165) is 12.8 Å². The first-order chi connectivity index (χ1) is 11.0. The van der Waals surface area contributed by atoms with E-state index in [9.17, 15) is 8.42 Å². The third-order valence-electron chi connectivity index (χ3n) is 4.37. The molecule has 7 heteroatoms. The van der Waals surface area contributed by atoms with Crippen LogP contribution < -0.4 is 9.47 Å². The zero-order valence-corrected chi connectivity index (χ0v) is 14.5. The van der Waals surface area contributed by atoms with Crippen LogP contribution in [0.15, 0.2) is 24.3 Å². The lowest BCUT2D eigenvalue weighted by atomic mass is 10.0. The minimum Gasteiger partial charge on any atom is -0.486 e. The van der Waals surface area contributed by atoms with Crippen LogP contribution in [0.25, 0.3) is 0 Å². The Morgan fingerprint density at radius 1 is 1.30 bits per heavy atom. The first-order valence-electron chi connectivity index (χ1n) is 8.06. The van der Waals surface area contributed by atoms with Crippen LogP contribution in [0.2, 0.25) is 0 Å². The Morgan fingerprint density at radius 3 is 2.78 bits per heavy atom. The van der Waals surface area contributed by atoms with Crippen LogP contribution in [0.5, 0.6) is 11.5 Å². The molecule has 3 rings (SSSR count). The molecule has 0 saturated carbocycles. The summed E-state index contributed by atoms with van der Waals surface area (Å²) in [6.45, 7) is 3.92. The van der Waals surface area contributed by atoms with Crippen molar-refractivity contribution in [1.82, 2.24) is 8.61 Å². The second-order valence-corrected chi connectivity index (χ2v) is 8.43. The standard InChI is InChI=1S/C16H24N2O4S/c1-13-6-5-9-18(10-13)23(19,20)17(2)11-14-12-21-15-7-3-4-8-16(15)22-14/h3-4,7-8,13-14H,5-6,9-12H2,1-2H3. The van der Waals surface area contributed by atoms with Gasteiger partial charge in [-0.15, -0.1) is 0 Å². The van der Waals surface area contributed by atoms with Crippen LogP contribution in [0.4, 0.5) is 0 Å². The van der Waals surface area contributed by atoms with E-state index >= 15 is 0 Å². The number of likely N-dealkylation sites (N-methyl/N-ethyl adjacent to an activating group) is 1. The van der Waals surface area contributed by atoms with Crippen LogP contribution in [0.1, 0.15) is 19.8 Å². The van der Waals surface area contributed by atoms with Crippen LogP contribution in [0.3, 0.4) is 0 Å². The van der Waals surface area contributed by atoms with Crippen molar-refractivity contribution in [2.24, 2.45) is 5.92 Å². The molecular formula is C16H24N2O4S. The first kappa shape index (κ1) is 16.5. The zero-order valence-electron chi connectivity index (χ0n) is 13.6. The Hall–Kier alpha value is -1.31. The average Bonchev–Trinajstić information content (AvgIpc) is 2.54. The summed E-state index contributed by atoms with van der Waals surface area (Å²) in [4.78, 5) is 0. The van der Waals surface area contributed by atoms with E-state index in [1.165, 1.54) is 4.31 Å². The molecule has 1 aromatic carbocycles. The predicted octanol–water partition coefficient (Wildman–Crippen LogP) is 1.73. The number of hydrogen-bond acceptors (Lipinski definition) is 4. The quantitative estimate of drug-likeness (QED) is 0.838. The van der Waals surface area contributed by atoms with E-state index < -0.39 is 10.2 Å². The smallest absolute Gasteiger partial charge is 0.281 e. The fourth-order valence-corrected chi connectivity index (χ4v) is 4.64. The molecule has 0 N–H and O–H groups in total. The monoisotopic (exact) mass is 340 g/mol. The van der Waals surface area contributed by atoms with Gasteiger partial charge in [0.25, 0.3) is 10.2 Å². The van der Waals surface area contributed by atoms with Crippen molar-refractivity contribution in [3.63, 3.8) is 0 Å². The van der Waals surface area contributed by atoms with Crippen LogP contribution in [0, 0.1) is 5.92 Å². The molecule has 2 atom stereocenters. The van der Waals surface area contributed by atoms with Gasteiger partial charge in [-0.25, -0.2) is 0 Å². The van der Waals surface area contributed by atoms with Gasteiger partial charge in [-0.3, -0.25) is 0 Å². The van der Waals surface area contributed by atoms with Crippen LogP contribution in [-0.2, 0) is 10.2 Å². The van der Waals surface area contributed by atoms with Crippen molar-refractivity contribution in [3.05, 3.63) is 24.3 Å². The highest BCUT2D eigenvalue weighted by molar-refractivity contribution is 7.86. The number of nitrogens with zero attached hydrogens (tertiary/aromatic N) is 2. The first-order valence-corrected chi connectivity index (χ1v) is 9.46. The number of piperidine rings is 1. The minimum absolute atomic E-state index is 0.279. The van der Waals surface area contributed by atoms with Gasteiger partial charge in [0.05, 0.1) is 6.54 Å². The van der Waals surface area contributed by atoms with Crippen molar-refractivity contribution in [2.75, 3.05) is 33.3 Å². The molecule has 0 bridgehead atoms. The summed E-state index contributed by atoms with van der Waals surface area (Å²) in [7, 11) is -1.83. The molecule has 0 radical (unpaired) electrons. The number of benzene rings is 1. The molecule has 2 aliphatic rings. The Balaban J connectivity index is 1.64. The van der Waals surface area contributed by atoms with Gasteiger partial charge in [-0.2, -0.15) is 17.0 Å². The Bertz CT molecular complexity index is 649. The summed E-state index contributed by atoms with van der Waals surface area (Å²) in [6.07, 6.45) is 1.71. The molecule has 2 aliphatic heterocycles. The van der Waals surface area contributed by atoms with E-state index in [-0.39, 0.29) is 12.6 Å². The van der Waals surface area contributed by atoms with Gasteiger partial charge in [0, 0.05) is 20.1 Å². The second-order valence-electron chi connectivity index (χ2n) is 6.39. The fourth-order valence-electron chi connectivity index (χ4n) is 3.09. The molecule has 1 aromatic rings. The molecule has 0 amide bonds. The SMILES string of the molecule is CC1CCCN(S(=O)(=O)N(C)CC2COc3ccccc3O2)C1. The molecule has 2 heterocycles. The Labute approximate surface area is 138 Å². The van der Waals surface area contributed by atoms with Crippen LogP contribution >= 0.6 is 0 Å². The van der Waals surface area contributed by atoms with Gasteiger partial charge < -0.3 is 9.47 Å². The number of hydrogen-bond donors (Lipinski definition) is 0. The number of para-hydroxylation sites is 2. The third kappa shape index (κ3) is 3.62. The van der Waals surface area contributed by atoms with Crippen molar-refractivity contribution < 1.29 is 17.9 Å². The average molecular weight is 340 g/mol. The van der Waals surface area contributed by atoms with E-state index in [2.05, 4.69) is 6.92 Å². The van der Waals surface area contributed by atoms with Crippen LogP contribution in [-0.4, -0.2) is 56.4 Å². The number of rotatable bonds is 4. The number of ether oxygens (including phenoxy) is 2. The van der Waals surface area contributed by atoms with Crippen molar-refractivity contribution in [1.29, 1.82) is 0 Å². The lowest BCUT2D eigenvalue weighted by molar-refractivity contribution is 0.0784. The fraction of sp³-hybridized carbons (Fsp3) is 0.625. The van der Waals surface area contributed by atoms with Crippen molar-refractivity contribution >= 4 is 10.2 Å². The van der Waals surface area contributed by atoms with E-state index in [0.29, 0.717) is 37.1 Å². The van der Waals surface area contributed by atoms with Crippen molar-refractivity contribution in [2.45, 2.75) is 25.9 Å². The highest BCUT2D eigenvalue weighted by Crippen LogP contribution is 2.31. The summed E-state index contributed by atoms with van der Waals surface area (Å²) in [5.74, 6) is 1.79. The maximum atomic E-state index is 12.7. The van der Waals surface area contributed by atoms with Gasteiger partial charge in [-0.05, 0) is 30.9 Å². The molecule has 1 fully saturated rings. The van der Waals surface area contributed by atoms with Gasteiger partial charge in [-0.1, -0.05) is 19.1 Å². The summed E-state index contributed by atoms with van der Waals surface area (Å²) in [6, 6.07) is 7.44. The summed E-state index contributed by atoms with van der Waals surface area (Å²) >= 11 is 0. The molecule has 0 aromatic heterocycles. The largest absolute Gasteiger partial charge is 0.486 e. The second kappa shape index (κ2) is 6.67. The molecule has 1 saturated heterocycles. The topological polar surface area (TPSA) is 59.1 Å². The van der Waals surface area contributed by atoms with Gasteiger partial charge in [0.15, 0.2) is 11.5 Å². The van der Waals surface area contributed by atoms with Gasteiger partial charge >= 0.3 is 0 Å². The highest BCUT2D eigenvalue weighted by atomic mass is 32.2.